The minimum Gasteiger partial charge on any atom is -0.439 e. The van der Waals surface area contributed by atoms with Gasteiger partial charge >= 0.3 is 0 Å². The van der Waals surface area contributed by atoms with E-state index < -0.39 is 0 Å². The van der Waals surface area contributed by atoms with Crippen molar-refractivity contribution in [3.8, 4) is 11.6 Å². The third-order valence-corrected chi connectivity index (χ3v) is 3.35. The third-order valence-electron chi connectivity index (χ3n) is 3.35. The van der Waals surface area contributed by atoms with Gasteiger partial charge in [-0.3, -0.25) is 0 Å². The molecule has 3 nitrogen and oxygen atoms in total. The van der Waals surface area contributed by atoms with E-state index in [9.17, 15) is 0 Å². The molecule has 2 N–H and O–H groups in total. The number of nitrogens with zero attached hydrogens (tertiary/aromatic N) is 1. The van der Waals surface area contributed by atoms with E-state index in [1.54, 1.807) is 0 Å². The number of nitrogens with two attached hydrogens (primary N) is 1. The van der Waals surface area contributed by atoms with Crippen molar-refractivity contribution < 1.29 is 4.74 Å². The van der Waals surface area contributed by atoms with Crippen molar-refractivity contribution in [3.05, 3.63) is 59.7 Å². The normalized spacial score (nSPS) is 10.7. The number of fused-ring (bicyclic) bond motifs is 1. The summed E-state index contributed by atoms with van der Waals surface area (Å²) in [4.78, 5) is 4.50. The van der Waals surface area contributed by atoms with Crippen molar-refractivity contribution in [3.63, 3.8) is 0 Å². The minimum atomic E-state index is 0.579. The first-order chi connectivity index (χ1) is 9.63. The summed E-state index contributed by atoms with van der Waals surface area (Å²) in [5.41, 5.74) is 9.69. The number of aryl methyl sites for hydroxylation is 2. The second kappa shape index (κ2) is 4.85. The number of hydrogen-bond acceptors (Lipinski definition) is 3. The first kappa shape index (κ1) is 12.5. The molecule has 0 spiro atoms. The van der Waals surface area contributed by atoms with Gasteiger partial charge in [-0.25, -0.2) is 4.98 Å². The van der Waals surface area contributed by atoms with E-state index in [0.717, 1.165) is 33.5 Å². The van der Waals surface area contributed by atoms with Gasteiger partial charge in [0.15, 0.2) is 0 Å². The van der Waals surface area contributed by atoms with Gasteiger partial charge in [-0.05, 0) is 37.1 Å². The predicted octanol–water partition coefficient (Wildman–Crippen LogP) is 4.23. The highest BCUT2D eigenvalue weighted by molar-refractivity contribution is 5.78. The van der Waals surface area contributed by atoms with Crippen LogP contribution in [0, 0.1) is 13.8 Å². The lowest BCUT2D eigenvalue weighted by atomic mass is 10.1. The predicted molar refractivity (Wildman–Crippen MR) is 82.1 cm³/mol. The Bertz CT molecular complexity index is 781. The van der Waals surface area contributed by atoms with Crippen LogP contribution in [0.2, 0.25) is 0 Å². The molecule has 0 radical (unpaired) electrons. The van der Waals surface area contributed by atoms with Gasteiger partial charge in [0.05, 0.1) is 5.52 Å². The van der Waals surface area contributed by atoms with Crippen LogP contribution in [-0.2, 0) is 0 Å². The number of para-hydroxylation sites is 1. The molecule has 100 valence electrons. The molecular weight excluding hydrogens is 248 g/mol. The number of rotatable bonds is 2. The van der Waals surface area contributed by atoms with E-state index in [2.05, 4.69) is 4.98 Å². The Morgan fingerprint density at radius 2 is 1.75 bits per heavy atom. The molecule has 0 saturated carbocycles. The zero-order chi connectivity index (χ0) is 14.1. The summed E-state index contributed by atoms with van der Waals surface area (Å²) in [6.45, 7) is 3.99. The SMILES string of the molecule is Cc1cc(C)c(Oc2ccc3ccccc3n2)cc1N. The number of anilines is 1. The van der Waals surface area contributed by atoms with Crippen molar-refractivity contribution in [2.75, 3.05) is 5.73 Å². The van der Waals surface area contributed by atoms with E-state index in [1.807, 2.05) is 62.4 Å². The molecule has 3 rings (SSSR count). The van der Waals surface area contributed by atoms with Crippen LogP contribution in [0.1, 0.15) is 11.1 Å². The smallest absolute Gasteiger partial charge is 0.219 e. The summed E-state index contributed by atoms with van der Waals surface area (Å²) < 4.78 is 5.86. The minimum absolute atomic E-state index is 0.579. The Morgan fingerprint density at radius 3 is 2.60 bits per heavy atom. The van der Waals surface area contributed by atoms with Crippen molar-refractivity contribution in [2.24, 2.45) is 0 Å². The monoisotopic (exact) mass is 264 g/mol. The molecule has 1 heterocycles. The van der Waals surface area contributed by atoms with E-state index in [-0.39, 0.29) is 0 Å². The maximum atomic E-state index is 5.93. The fraction of sp³-hybridized carbons (Fsp3) is 0.118. The highest BCUT2D eigenvalue weighted by Crippen LogP contribution is 2.29. The molecule has 0 saturated heterocycles. The topological polar surface area (TPSA) is 48.1 Å². The second-order valence-electron chi connectivity index (χ2n) is 4.92. The van der Waals surface area contributed by atoms with Gasteiger partial charge < -0.3 is 10.5 Å². The Hall–Kier alpha value is -2.55. The van der Waals surface area contributed by atoms with E-state index >= 15 is 0 Å². The van der Waals surface area contributed by atoms with Crippen LogP contribution in [0.15, 0.2) is 48.5 Å². The van der Waals surface area contributed by atoms with Crippen molar-refractivity contribution >= 4 is 16.6 Å². The number of aromatic nitrogens is 1. The van der Waals surface area contributed by atoms with Gasteiger partial charge in [0.2, 0.25) is 5.88 Å². The molecule has 0 bridgehead atoms. The van der Waals surface area contributed by atoms with Crippen LogP contribution < -0.4 is 10.5 Å². The summed E-state index contributed by atoms with van der Waals surface area (Å²) >= 11 is 0. The molecule has 3 aromatic rings. The zero-order valence-electron chi connectivity index (χ0n) is 11.6. The van der Waals surface area contributed by atoms with Gasteiger partial charge in [-0.1, -0.05) is 24.3 Å². The maximum Gasteiger partial charge on any atom is 0.219 e. The third kappa shape index (κ3) is 2.30. The van der Waals surface area contributed by atoms with Gasteiger partial charge in [-0.15, -0.1) is 0 Å². The first-order valence-corrected chi connectivity index (χ1v) is 6.54. The van der Waals surface area contributed by atoms with Crippen LogP contribution in [-0.4, -0.2) is 4.98 Å². The van der Waals surface area contributed by atoms with Crippen LogP contribution in [0.25, 0.3) is 10.9 Å². The van der Waals surface area contributed by atoms with E-state index in [0.29, 0.717) is 5.88 Å². The average molecular weight is 264 g/mol. The molecule has 1 aromatic heterocycles. The fourth-order valence-electron chi connectivity index (χ4n) is 2.17. The first-order valence-electron chi connectivity index (χ1n) is 6.54. The Balaban J connectivity index is 1.99. The number of hydrogen-bond donors (Lipinski definition) is 1. The quantitative estimate of drug-likeness (QED) is 0.705. The van der Waals surface area contributed by atoms with Crippen LogP contribution >= 0.6 is 0 Å². The number of nitrogen functional groups attached to an aromatic ring is 1. The summed E-state index contributed by atoms with van der Waals surface area (Å²) in [7, 11) is 0. The standard InChI is InChI=1S/C17H16N2O/c1-11-9-12(2)16(10-14(11)18)20-17-8-7-13-5-3-4-6-15(13)19-17/h3-10H,18H2,1-2H3. The summed E-state index contributed by atoms with van der Waals surface area (Å²) in [6.07, 6.45) is 0. The van der Waals surface area contributed by atoms with Gasteiger partial charge in [-0.2, -0.15) is 0 Å². The van der Waals surface area contributed by atoms with Crippen molar-refractivity contribution in [2.45, 2.75) is 13.8 Å². The molecule has 3 heteroatoms. The second-order valence-corrected chi connectivity index (χ2v) is 4.92. The highest BCUT2D eigenvalue weighted by Gasteiger charge is 2.06. The van der Waals surface area contributed by atoms with Gasteiger partial charge in [0.25, 0.3) is 0 Å². The molecule has 0 atom stereocenters. The molecule has 0 aliphatic heterocycles. The largest absolute Gasteiger partial charge is 0.439 e. The summed E-state index contributed by atoms with van der Waals surface area (Å²) in [6, 6.07) is 15.7. The van der Waals surface area contributed by atoms with Crippen molar-refractivity contribution in [1.29, 1.82) is 0 Å². The number of ether oxygens (including phenoxy) is 1. The van der Waals surface area contributed by atoms with Crippen molar-refractivity contribution in [1.82, 2.24) is 4.98 Å². The molecule has 0 aliphatic carbocycles. The Labute approximate surface area is 118 Å². The fourth-order valence-corrected chi connectivity index (χ4v) is 2.17. The lowest BCUT2D eigenvalue weighted by Gasteiger charge is -2.11. The lowest BCUT2D eigenvalue weighted by molar-refractivity contribution is 0.462. The lowest BCUT2D eigenvalue weighted by Crippen LogP contribution is -1.95. The van der Waals surface area contributed by atoms with Crippen LogP contribution in [0.4, 0.5) is 5.69 Å². The molecule has 0 unspecified atom stereocenters. The maximum absolute atomic E-state index is 5.93. The molecule has 2 aromatic carbocycles. The Kier molecular flexibility index (Phi) is 3.03. The number of benzene rings is 2. The van der Waals surface area contributed by atoms with Crippen LogP contribution in [0.3, 0.4) is 0 Å². The molecule has 0 amide bonds. The van der Waals surface area contributed by atoms with Gasteiger partial charge in [0.1, 0.15) is 5.75 Å². The summed E-state index contributed by atoms with van der Waals surface area (Å²) in [5, 5.41) is 1.10. The number of pyridine rings is 1. The molecule has 0 aliphatic rings. The van der Waals surface area contributed by atoms with E-state index in [4.69, 9.17) is 10.5 Å². The Morgan fingerprint density at radius 1 is 0.950 bits per heavy atom. The zero-order valence-corrected chi connectivity index (χ0v) is 11.6. The van der Waals surface area contributed by atoms with E-state index in [1.165, 1.54) is 0 Å². The molecular formula is C17H16N2O. The van der Waals surface area contributed by atoms with Crippen LogP contribution in [0.5, 0.6) is 11.6 Å². The molecule has 0 fully saturated rings. The van der Waals surface area contributed by atoms with Gasteiger partial charge in [0, 0.05) is 23.2 Å². The highest BCUT2D eigenvalue weighted by atomic mass is 16.5. The molecule has 20 heavy (non-hydrogen) atoms. The average Bonchev–Trinajstić information content (AvgIpc) is 2.44. The summed E-state index contributed by atoms with van der Waals surface area (Å²) in [5.74, 6) is 1.32.